The predicted molar refractivity (Wildman–Crippen MR) is 45.4 cm³/mol. The van der Waals surface area contributed by atoms with Gasteiger partial charge in [0.1, 0.15) is 0 Å². The van der Waals surface area contributed by atoms with Crippen LogP contribution in [-0.4, -0.2) is 0 Å². The molecule has 2 nitrogen and oxygen atoms in total. The van der Waals surface area contributed by atoms with Crippen LogP contribution in [0.3, 0.4) is 0 Å². The van der Waals surface area contributed by atoms with E-state index in [0.717, 1.165) is 11.4 Å². The molecule has 0 aromatic heterocycles. The van der Waals surface area contributed by atoms with E-state index in [4.69, 9.17) is 23.6 Å². The molecule has 4 heteroatoms. The Bertz CT molecular complexity index is 192. The average molecular weight is 177 g/mol. The minimum atomic E-state index is 0.763. The Hall–Kier alpha value is -0.600. The Morgan fingerprint density at radius 2 is 1.30 bits per heavy atom. The van der Waals surface area contributed by atoms with Crippen molar-refractivity contribution in [3.63, 3.8) is 0 Å². The summed E-state index contributed by atoms with van der Waals surface area (Å²) in [6, 6.07) is 7.36. The number of anilines is 2. The largest absolute Gasteiger partial charge is 0.296 e. The second-order valence-corrected chi connectivity index (χ2v) is 2.11. The summed E-state index contributed by atoms with van der Waals surface area (Å²) in [6.45, 7) is 0. The number of nitrogens with one attached hydrogen (secondary N) is 2. The van der Waals surface area contributed by atoms with Gasteiger partial charge in [-0.3, -0.25) is 9.67 Å². The van der Waals surface area contributed by atoms with Gasteiger partial charge in [0.2, 0.25) is 0 Å². The molecular weight excluding hydrogens is 171 g/mol. The molecule has 0 heterocycles. The van der Waals surface area contributed by atoms with Crippen molar-refractivity contribution >= 4 is 34.9 Å². The molecule has 54 valence electrons. The Labute approximate surface area is 69.4 Å². The van der Waals surface area contributed by atoms with E-state index in [-0.39, 0.29) is 0 Å². The van der Waals surface area contributed by atoms with Gasteiger partial charge in [-0.05, 0) is 12.1 Å². The summed E-state index contributed by atoms with van der Waals surface area (Å²) in [5, 5.41) is 0. The van der Waals surface area contributed by atoms with Crippen molar-refractivity contribution in [2.75, 3.05) is 9.67 Å². The second kappa shape index (κ2) is 3.54. The molecule has 0 bridgehead atoms. The maximum Gasteiger partial charge on any atom is 0.0735 e. The number of rotatable bonds is 2. The van der Waals surface area contributed by atoms with Crippen molar-refractivity contribution in [3.05, 3.63) is 24.3 Å². The van der Waals surface area contributed by atoms with Crippen LogP contribution in [0.5, 0.6) is 0 Å². The first-order chi connectivity index (χ1) is 4.88. The topological polar surface area (TPSA) is 24.1 Å². The van der Waals surface area contributed by atoms with E-state index < -0.39 is 0 Å². The molecule has 0 atom stereocenters. The van der Waals surface area contributed by atoms with Gasteiger partial charge in [-0.15, -0.1) is 0 Å². The van der Waals surface area contributed by atoms with Crippen LogP contribution in [0.4, 0.5) is 11.4 Å². The van der Waals surface area contributed by atoms with E-state index in [1.807, 2.05) is 24.3 Å². The van der Waals surface area contributed by atoms with Crippen LogP contribution in [-0.2, 0) is 0 Å². The van der Waals surface area contributed by atoms with Crippen LogP contribution in [0.15, 0.2) is 24.3 Å². The highest BCUT2D eigenvalue weighted by Crippen LogP contribution is 2.21. The van der Waals surface area contributed by atoms with Gasteiger partial charge in [0.25, 0.3) is 0 Å². The molecule has 0 unspecified atom stereocenters. The number of halogens is 2. The fraction of sp³-hybridized carbons (Fsp3) is 0. The summed E-state index contributed by atoms with van der Waals surface area (Å²) < 4.78 is 0. The van der Waals surface area contributed by atoms with Gasteiger partial charge >= 0.3 is 0 Å². The van der Waals surface area contributed by atoms with Crippen LogP contribution in [0.25, 0.3) is 0 Å². The molecular formula is C6H6Cl2N2. The Balaban J connectivity index is 2.96. The van der Waals surface area contributed by atoms with Crippen LogP contribution >= 0.6 is 23.6 Å². The number of para-hydroxylation sites is 2. The Kier molecular flexibility index (Phi) is 2.66. The molecule has 0 amide bonds. The zero-order valence-electron chi connectivity index (χ0n) is 5.07. The molecule has 2 N–H and O–H groups in total. The normalized spacial score (nSPS) is 9.00. The third kappa shape index (κ3) is 1.46. The van der Waals surface area contributed by atoms with Gasteiger partial charge in [0, 0.05) is 23.6 Å². The lowest BCUT2D eigenvalue weighted by molar-refractivity contribution is 1.65. The van der Waals surface area contributed by atoms with E-state index in [2.05, 4.69) is 9.67 Å². The highest BCUT2D eigenvalue weighted by molar-refractivity contribution is 6.28. The van der Waals surface area contributed by atoms with Gasteiger partial charge < -0.3 is 0 Å². The summed E-state index contributed by atoms with van der Waals surface area (Å²) in [6.07, 6.45) is 0. The molecule has 0 saturated heterocycles. The van der Waals surface area contributed by atoms with Crippen molar-refractivity contribution in [3.8, 4) is 0 Å². The van der Waals surface area contributed by atoms with E-state index >= 15 is 0 Å². The zero-order valence-corrected chi connectivity index (χ0v) is 6.58. The minimum absolute atomic E-state index is 0.763. The first kappa shape index (κ1) is 7.51. The van der Waals surface area contributed by atoms with Crippen molar-refractivity contribution in [1.29, 1.82) is 0 Å². The van der Waals surface area contributed by atoms with Crippen LogP contribution in [0, 0.1) is 0 Å². The molecule has 0 aliphatic rings. The summed E-state index contributed by atoms with van der Waals surface area (Å²) in [5.41, 5.74) is 1.53. The smallest absolute Gasteiger partial charge is 0.0735 e. The fourth-order valence-electron chi connectivity index (χ4n) is 0.648. The van der Waals surface area contributed by atoms with Gasteiger partial charge in [-0.1, -0.05) is 12.1 Å². The number of hydrogen-bond donors (Lipinski definition) is 2. The third-order valence-corrected chi connectivity index (χ3v) is 1.54. The lowest BCUT2D eigenvalue weighted by Gasteiger charge is -2.02. The SMILES string of the molecule is ClNc1ccccc1NCl. The average Bonchev–Trinajstić information content (AvgIpc) is 2.04. The Morgan fingerprint density at radius 1 is 0.900 bits per heavy atom. The molecule has 1 aromatic carbocycles. The van der Waals surface area contributed by atoms with E-state index in [1.165, 1.54) is 0 Å². The van der Waals surface area contributed by atoms with Crippen molar-refractivity contribution < 1.29 is 0 Å². The zero-order chi connectivity index (χ0) is 7.40. The lowest BCUT2D eigenvalue weighted by Crippen LogP contribution is -1.86. The molecule has 0 spiro atoms. The highest BCUT2D eigenvalue weighted by Gasteiger charge is 1.95. The van der Waals surface area contributed by atoms with Crippen LogP contribution in [0.1, 0.15) is 0 Å². The van der Waals surface area contributed by atoms with Crippen molar-refractivity contribution in [2.45, 2.75) is 0 Å². The molecule has 0 radical (unpaired) electrons. The predicted octanol–water partition coefficient (Wildman–Crippen LogP) is 2.82. The maximum absolute atomic E-state index is 5.36. The summed E-state index contributed by atoms with van der Waals surface area (Å²) >= 11 is 10.7. The fourth-order valence-corrected chi connectivity index (χ4v) is 0.978. The molecule has 0 saturated carbocycles. The Morgan fingerprint density at radius 3 is 1.60 bits per heavy atom. The molecule has 1 aromatic rings. The molecule has 0 aliphatic carbocycles. The standard InChI is InChI=1S/C6H6Cl2N2/c7-9-5-3-1-2-4-6(5)10-8/h1-4,9-10H. The number of hydrogen-bond acceptors (Lipinski definition) is 2. The van der Waals surface area contributed by atoms with Gasteiger partial charge in [-0.25, -0.2) is 0 Å². The first-order valence-electron chi connectivity index (χ1n) is 2.71. The quantitative estimate of drug-likeness (QED) is 0.678. The van der Waals surface area contributed by atoms with E-state index in [9.17, 15) is 0 Å². The molecule has 0 aliphatic heterocycles. The summed E-state index contributed by atoms with van der Waals surface area (Å²) in [5.74, 6) is 0. The van der Waals surface area contributed by atoms with Crippen LogP contribution in [0.2, 0.25) is 0 Å². The minimum Gasteiger partial charge on any atom is -0.296 e. The first-order valence-corrected chi connectivity index (χ1v) is 3.46. The van der Waals surface area contributed by atoms with Crippen molar-refractivity contribution in [1.82, 2.24) is 0 Å². The molecule has 1 rings (SSSR count). The number of benzene rings is 1. The maximum atomic E-state index is 5.36. The lowest BCUT2D eigenvalue weighted by atomic mass is 10.3. The molecule has 0 fully saturated rings. The summed E-state index contributed by atoms with van der Waals surface area (Å²) in [4.78, 5) is 4.94. The second-order valence-electron chi connectivity index (χ2n) is 1.73. The van der Waals surface area contributed by atoms with Gasteiger partial charge in [0.05, 0.1) is 11.4 Å². The van der Waals surface area contributed by atoms with Crippen LogP contribution < -0.4 is 9.67 Å². The van der Waals surface area contributed by atoms with Gasteiger partial charge in [0.15, 0.2) is 0 Å². The van der Waals surface area contributed by atoms with E-state index in [0.29, 0.717) is 0 Å². The van der Waals surface area contributed by atoms with Gasteiger partial charge in [-0.2, -0.15) is 0 Å². The molecule has 10 heavy (non-hydrogen) atoms. The monoisotopic (exact) mass is 176 g/mol. The highest BCUT2D eigenvalue weighted by atomic mass is 35.5. The third-order valence-electron chi connectivity index (χ3n) is 1.13. The van der Waals surface area contributed by atoms with Crippen molar-refractivity contribution in [2.24, 2.45) is 0 Å². The van der Waals surface area contributed by atoms with E-state index in [1.54, 1.807) is 0 Å². The summed E-state index contributed by atoms with van der Waals surface area (Å²) in [7, 11) is 0.